The predicted octanol–water partition coefficient (Wildman–Crippen LogP) is 2.82. The van der Waals surface area contributed by atoms with Gasteiger partial charge in [-0.1, -0.05) is 16.8 Å². The first-order valence-corrected chi connectivity index (χ1v) is 6.12. The Morgan fingerprint density at radius 1 is 1.39 bits per heavy atom. The van der Waals surface area contributed by atoms with E-state index in [0.29, 0.717) is 28.0 Å². The van der Waals surface area contributed by atoms with E-state index < -0.39 is 0 Å². The van der Waals surface area contributed by atoms with Gasteiger partial charge in [-0.15, -0.1) is 0 Å². The van der Waals surface area contributed by atoms with Crippen LogP contribution in [0.15, 0.2) is 22.7 Å². The van der Waals surface area contributed by atoms with Crippen molar-refractivity contribution < 1.29 is 9.26 Å². The van der Waals surface area contributed by atoms with Gasteiger partial charge in [0.25, 0.3) is 5.89 Å². The average Bonchev–Trinajstić information content (AvgIpc) is 3.00. The Kier molecular flexibility index (Phi) is 2.93. The van der Waals surface area contributed by atoms with Crippen LogP contribution in [-0.2, 0) is 4.74 Å². The molecule has 1 aliphatic heterocycles. The van der Waals surface area contributed by atoms with Crippen LogP contribution >= 0.6 is 11.6 Å². The van der Waals surface area contributed by atoms with Gasteiger partial charge in [-0.05, 0) is 31.0 Å². The van der Waals surface area contributed by atoms with Gasteiger partial charge < -0.3 is 15.0 Å². The van der Waals surface area contributed by atoms with Crippen LogP contribution in [-0.4, -0.2) is 16.7 Å². The molecule has 0 radical (unpaired) electrons. The van der Waals surface area contributed by atoms with E-state index in [-0.39, 0.29) is 6.10 Å². The van der Waals surface area contributed by atoms with Crippen molar-refractivity contribution >= 4 is 17.3 Å². The molecule has 1 aliphatic rings. The van der Waals surface area contributed by atoms with Gasteiger partial charge in [0.2, 0.25) is 5.82 Å². The van der Waals surface area contributed by atoms with Crippen LogP contribution in [0.1, 0.15) is 24.8 Å². The fourth-order valence-corrected chi connectivity index (χ4v) is 2.16. The summed E-state index contributed by atoms with van der Waals surface area (Å²) in [6.45, 7) is 0.744. The lowest BCUT2D eigenvalue weighted by molar-refractivity contribution is 0.103. The first-order chi connectivity index (χ1) is 8.74. The van der Waals surface area contributed by atoms with E-state index in [9.17, 15) is 0 Å². The van der Waals surface area contributed by atoms with Gasteiger partial charge >= 0.3 is 0 Å². The number of nitrogen functional groups attached to an aromatic ring is 1. The number of anilines is 1. The monoisotopic (exact) mass is 265 g/mol. The number of rotatable bonds is 2. The van der Waals surface area contributed by atoms with Gasteiger partial charge in [-0.2, -0.15) is 4.98 Å². The van der Waals surface area contributed by atoms with E-state index in [1.54, 1.807) is 18.2 Å². The summed E-state index contributed by atoms with van der Waals surface area (Å²) >= 11 is 6.09. The second-order valence-corrected chi connectivity index (χ2v) is 4.61. The lowest BCUT2D eigenvalue weighted by Gasteiger charge is -2.01. The lowest BCUT2D eigenvalue weighted by atomic mass is 10.2. The molecule has 0 spiro atoms. The molecule has 1 aromatic heterocycles. The van der Waals surface area contributed by atoms with Gasteiger partial charge in [-0.25, -0.2) is 0 Å². The van der Waals surface area contributed by atoms with Gasteiger partial charge in [-0.3, -0.25) is 0 Å². The maximum Gasteiger partial charge on any atom is 0.259 e. The molecule has 0 amide bonds. The second kappa shape index (κ2) is 4.59. The molecule has 1 atom stereocenters. The minimum absolute atomic E-state index is 0.0673. The molecular formula is C12H12ClN3O2. The number of halogens is 1. The van der Waals surface area contributed by atoms with Crippen molar-refractivity contribution in [3.05, 3.63) is 29.0 Å². The summed E-state index contributed by atoms with van der Waals surface area (Å²) in [6, 6.07) is 5.15. The highest BCUT2D eigenvalue weighted by Gasteiger charge is 2.24. The second-order valence-electron chi connectivity index (χ2n) is 4.20. The van der Waals surface area contributed by atoms with E-state index >= 15 is 0 Å². The Morgan fingerprint density at radius 2 is 2.28 bits per heavy atom. The number of ether oxygens (including phenoxy) is 1. The van der Waals surface area contributed by atoms with E-state index in [2.05, 4.69) is 10.1 Å². The molecule has 6 heteroatoms. The van der Waals surface area contributed by atoms with Crippen molar-refractivity contribution in [1.29, 1.82) is 0 Å². The van der Waals surface area contributed by atoms with Crippen LogP contribution < -0.4 is 5.73 Å². The standard InChI is InChI=1S/C12H12ClN3O2/c13-9-4-3-7(14)6-8(9)12-15-11(16-18-12)10-2-1-5-17-10/h3-4,6,10H,1-2,5,14H2. The molecule has 1 fully saturated rings. The maximum atomic E-state index is 6.09. The van der Waals surface area contributed by atoms with E-state index in [1.165, 1.54) is 0 Å². The highest BCUT2D eigenvalue weighted by Crippen LogP contribution is 2.31. The Labute approximate surface area is 109 Å². The van der Waals surface area contributed by atoms with Crippen LogP contribution in [0.3, 0.4) is 0 Å². The maximum absolute atomic E-state index is 6.09. The quantitative estimate of drug-likeness (QED) is 0.845. The zero-order chi connectivity index (χ0) is 12.5. The van der Waals surface area contributed by atoms with Crippen LogP contribution in [0.2, 0.25) is 5.02 Å². The topological polar surface area (TPSA) is 74.2 Å². The molecule has 2 aromatic rings. The molecule has 0 saturated carbocycles. The summed E-state index contributed by atoms with van der Waals surface area (Å²) in [7, 11) is 0. The number of hydrogen-bond acceptors (Lipinski definition) is 5. The van der Waals surface area contributed by atoms with Crippen molar-refractivity contribution in [2.45, 2.75) is 18.9 Å². The minimum Gasteiger partial charge on any atom is -0.399 e. The van der Waals surface area contributed by atoms with Crippen molar-refractivity contribution in [1.82, 2.24) is 10.1 Å². The normalized spacial score (nSPS) is 19.3. The Hall–Kier alpha value is -1.59. The number of aromatic nitrogens is 2. The van der Waals surface area contributed by atoms with E-state index in [4.69, 9.17) is 26.6 Å². The molecule has 1 aromatic carbocycles. The third kappa shape index (κ3) is 2.07. The molecule has 0 aliphatic carbocycles. The summed E-state index contributed by atoms with van der Waals surface area (Å²) in [6.07, 6.45) is 1.87. The van der Waals surface area contributed by atoms with Crippen LogP contribution in [0.25, 0.3) is 11.5 Å². The smallest absolute Gasteiger partial charge is 0.259 e. The SMILES string of the molecule is Nc1ccc(Cl)c(-c2nc(C3CCCO3)no2)c1. The molecule has 3 rings (SSSR count). The number of benzene rings is 1. The van der Waals surface area contributed by atoms with E-state index in [1.807, 2.05) is 0 Å². The zero-order valence-corrected chi connectivity index (χ0v) is 10.4. The molecule has 1 unspecified atom stereocenters. The fraction of sp³-hybridized carbons (Fsp3) is 0.333. The summed E-state index contributed by atoms with van der Waals surface area (Å²) in [4.78, 5) is 4.32. The van der Waals surface area contributed by atoms with Crippen LogP contribution in [0.4, 0.5) is 5.69 Å². The molecule has 94 valence electrons. The molecule has 5 nitrogen and oxygen atoms in total. The van der Waals surface area contributed by atoms with Crippen molar-refractivity contribution in [2.24, 2.45) is 0 Å². The number of nitrogens with two attached hydrogens (primary N) is 1. The largest absolute Gasteiger partial charge is 0.399 e. The third-order valence-corrected chi connectivity index (χ3v) is 3.21. The first kappa shape index (κ1) is 11.5. The zero-order valence-electron chi connectivity index (χ0n) is 9.60. The lowest BCUT2D eigenvalue weighted by Crippen LogP contribution is -1.97. The minimum atomic E-state index is -0.0673. The molecule has 1 saturated heterocycles. The molecule has 2 heterocycles. The Morgan fingerprint density at radius 3 is 3.06 bits per heavy atom. The molecule has 0 bridgehead atoms. The van der Waals surface area contributed by atoms with Crippen molar-refractivity contribution in [2.75, 3.05) is 12.3 Å². The summed E-state index contributed by atoms with van der Waals surface area (Å²) in [5.74, 6) is 0.943. The van der Waals surface area contributed by atoms with Crippen molar-refractivity contribution in [3.63, 3.8) is 0 Å². The van der Waals surface area contributed by atoms with Crippen molar-refractivity contribution in [3.8, 4) is 11.5 Å². The van der Waals surface area contributed by atoms with Crippen LogP contribution in [0.5, 0.6) is 0 Å². The summed E-state index contributed by atoms with van der Waals surface area (Å²) in [5.41, 5.74) is 6.97. The third-order valence-electron chi connectivity index (χ3n) is 2.88. The highest BCUT2D eigenvalue weighted by atomic mass is 35.5. The van der Waals surface area contributed by atoms with Crippen LogP contribution in [0, 0.1) is 0 Å². The molecular weight excluding hydrogens is 254 g/mol. The van der Waals surface area contributed by atoms with Gasteiger partial charge in [0.05, 0.1) is 10.6 Å². The molecule has 18 heavy (non-hydrogen) atoms. The Balaban J connectivity index is 1.94. The summed E-state index contributed by atoms with van der Waals surface area (Å²) < 4.78 is 10.7. The van der Waals surface area contributed by atoms with E-state index in [0.717, 1.165) is 19.4 Å². The first-order valence-electron chi connectivity index (χ1n) is 5.74. The molecule has 2 N–H and O–H groups in total. The van der Waals surface area contributed by atoms with Gasteiger partial charge in [0.15, 0.2) is 0 Å². The predicted molar refractivity (Wildman–Crippen MR) is 67.1 cm³/mol. The van der Waals surface area contributed by atoms with Gasteiger partial charge in [0.1, 0.15) is 6.10 Å². The Bertz CT molecular complexity index is 564. The number of nitrogens with zero attached hydrogens (tertiary/aromatic N) is 2. The van der Waals surface area contributed by atoms with Gasteiger partial charge in [0, 0.05) is 12.3 Å². The fourth-order valence-electron chi connectivity index (χ4n) is 1.96. The number of hydrogen-bond donors (Lipinski definition) is 1. The highest BCUT2D eigenvalue weighted by molar-refractivity contribution is 6.33. The summed E-state index contributed by atoms with van der Waals surface area (Å²) in [5, 5.41) is 4.47. The average molecular weight is 266 g/mol.